The molecule has 0 spiro atoms. The molecule has 88 valence electrons. The van der Waals surface area contributed by atoms with E-state index in [1.54, 1.807) is 0 Å². The highest BCUT2D eigenvalue weighted by atomic mass is 19.4. The summed E-state index contributed by atoms with van der Waals surface area (Å²) in [6, 6.07) is 1.58. The number of rotatable bonds is 2. The number of nitrogens with zero attached hydrogens (tertiary/aromatic N) is 1. The number of amides is 1. The third-order valence-electron chi connectivity index (χ3n) is 1.57. The zero-order valence-corrected chi connectivity index (χ0v) is 8.13. The Balaban J connectivity index is 2.72. The topological polar surface area (TPSA) is 63.2 Å². The molecular weight excluding hydrogens is 227 g/mol. The first-order chi connectivity index (χ1) is 7.43. The molecule has 1 aromatic heterocycles. The molecule has 2 N–H and O–H groups in total. The van der Waals surface area contributed by atoms with Crippen LogP contribution in [-0.4, -0.2) is 18.2 Å². The van der Waals surface area contributed by atoms with Gasteiger partial charge in [0.2, 0.25) is 0 Å². The van der Waals surface area contributed by atoms with Crippen LogP contribution in [0, 0.1) is 0 Å². The van der Waals surface area contributed by atoms with Crippen LogP contribution in [0.4, 0.5) is 23.8 Å². The lowest BCUT2D eigenvalue weighted by molar-refractivity contribution is -0.137. The van der Waals surface area contributed by atoms with E-state index in [1.165, 1.54) is 0 Å². The Hall–Kier alpha value is -1.99. The molecule has 0 unspecified atom stereocenters. The largest absolute Gasteiger partial charge is 0.452 e. The molecule has 0 saturated carbocycles. The summed E-state index contributed by atoms with van der Waals surface area (Å²) in [7, 11) is 1.12. The number of hydrogen-bond donors (Lipinski definition) is 2. The van der Waals surface area contributed by atoms with Gasteiger partial charge in [-0.1, -0.05) is 0 Å². The second kappa shape index (κ2) is 4.69. The predicted molar refractivity (Wildman–Crippen MR) is 48.4 cm³/mol. The number of alkyl halides is 3. The normalized spacial score (nSPS) is 10.8. The van der Waals surface area contributed by atoms with Crippen molar-refractivity contribution in [2.24, 2.45) is 0 Å². The Morgan fingerprint density at radius 3 is 2.75 bits per heavy atom. The van der Waals surface area contributed by atoms with Crippen LogP contribution >= 0.6 is 0 Å². The molecule has 0 radical (unpaired) electrons. The van der Waals surface area contributed by atoms with Crippen molar-refractivity contribution in [3.05, 3.63) is 23.9 Å². The van der Waals surface area contributed by atoms with Crippen LogP contribution in [0.2, 0.25) is 0 Å². The predicted octanol–water partition coefficient (Wildman–Crippen LogP) is 1.78. The first kappa shape index (κ1) is 12.1. The minimum Gasteiger partial charge on any atom is -0.452 e. The summed E-state index contributed by atoms with van der Waals surface area (Å²) in [5.41, 5.74) is 3.29. The van der Waals surface area contributed by atoms with Crippen LogP contribution in [0.25, 0.3) is 0 Å². The van der Waals surface area contributed by atoms with Crippen LogP contribution in [0.3, 0.4) is 0 Å². The molecule has 0 bridgehead atoms. The van der Waals surface area contributed by atoms with E-state index in [0.29, 0.717) is 0 Å². The quantitative estimate of drug-likeness (QED) is 0.767. The van der Waals surface area contributed by atoms with E-state index in [1.807, 2.05) is 5.43 Å². The Morgan fingerprint density at radius 2 is 2.19 bits per heavy atom. The number of carbonyl (C=O) groups excluding carboxylic acids is 1. The van der Waals surface area contributed by atoms with Crippen molar-refractivity contribution in [1.29, 1.82) is 0 Å². The fourth-order valence-electron chi connectivity index (χ4n) is 0.841. The summed E-state index contributed by atoms with van der Waals surface area (Å²) in [5.74, 6) is -0.139. The van der Waals surface area contributed by atoms with Crippen LogP contribution in [0.5, 0.6) is 0 Å². The SMILES string of the molecule is COC(=O)NNc1cc(C(F)(F)F)ccn1. The zero-order valence-electron chi connectivity index (χ0n) is 8.13. The summed E-state index contributed by atoms with van der Waals surface area (Å²) in [4.78, 5) is 14.2. The molecule has 0 atom stereocenters. The van der Waals surface area contributed by atoms with Crippen molar-refractivity contribution in [1.82, 2.24) is 10.4 Å². The molecule has 1 rings (SSSR count). The lowest BCUT2D eigenvalue weighted by atomic mass is 10.2. The Morgan fingerprint density at radius 1 is 1.50 bits per heavy atom. The van der Waals surface area contributed by atoms with Crippen LogP contribution < -0.4 is 10.9 Å². The molecule has 0 saturated heterocycles. The third kappa shape index (κ3) is 3.30. The summed E-state index contributed by atoms with van der Waals surface area (Å²) in [5, 5.41) is 0. The van der Waals surface area contributed by atoms with Gasteiger partial charge in [0.25, 0.3) is 0 Å². The first-order valence-corrected chi connectivity index (χ1v) is 4.06. The average Bonchev–Trinajstić information content (AvgIpc) is 2.25. The number of hydrogen-bond acceptors (Lipinski definition) is 4. The average molecular weight is 235 g/mol. The third-order valence-corrected chi connectivity index (χ3v) is 1.57. The monoisotopic (exact) mass is 235 g/mol. The van der Waals surface area contributed by atoms with E-state index in [-0.39, 0.29) is 5.82 Å². The Bertz CT molecular complexity index is 381. The maximum atomic E-state index is 12.3. The maximum Gasteiger partial charge on any atom is 0.425 e. The number of carbonyl (C=O) groups is 1. The van der Waals surface area contributed by atoms with Crippen molar-refractivity contribution in [2.75, 3.05) is 12.5 Å². The van der Waals surface area contributed by atoms with E-state index in [2.05, 4.69) is 15.1 Å². The van der Waals surface area contributed by atoms with Crippen LogP contribution in [0.15, 0.2) is 18.3 Å². The molecule has 0 aliphatic heterocycles. The van der Waals surface area contributed by atoms with E-state index >= 15 is 0 Å². The number of ether oxygens (including phenoxy) is 1. The smallest absolute Gasteiger partial charge is 0.425 e. The molecule has 8 heteroatoms. The summed E-state index contributed by atoms with van der Waals surface area (Å²) >= 11 is 0. The molecule has 1 heterocycles. The number of aromatic nitrogens is 1. The van der Waals surface area contributed by atoms with Gasteiger partial charge in [-0.25, -0.2) is 15.2 Å². The number of nitrogens with one attached hydrogen (secondary N) is 2. The fraction of sp³-hybridized carbons (Fsp3) is 0.250. The molecule has 0 aliphatic carbocycles. The Kier molecular flexibility index (Phi) is 3.54. The van der Waals surface area contributed by atoms with Crippen molar-refractivity contribution < 1.29 is 22.7 Å². The van der Waals surface area contributed by atoms with Gasteiger partial charge in [0, 0.05) is 6.20 Å². The van der Waals surface area contributed by atoms with E-state index in [9.17, 15) is 18.0 Å². The number of methoxy groups -OCH3 is 1. The van der Waals surface area contributed by atoms with Gasteiger partial charge < -0.3 is 4.74 Å². The van der Waals surface area contributed by atoms with Gasteiger partial charge in [0.15, 0.2) is 0 Å². The second-order valence-corrected chi connectivity index (χ2v) is 2.67. The molecule has 1 aromatic rings. The van der Waals surface area contributed by atoms with E-state index in [0.717, 1.165) is 25.4 Å². The molecule has 0 aliphatic rings. The standard InChI is InChI=1S/C8H8F3N3O2/c1-16-7(15)14-13-6-4-5(2-3-12-6)8(9,10)11/h2-4H,1H3,(H,12,13)(H,14,15). The molecular formula is C8H8F3N3O2. The van der Waals surface area contributed by atoms with E-state index in [4.69, 9.17) is 0 Å². The minimum absolute atomic E-state index is 0.139. The zero-order chi connectivity index (χ0) is 12.2. The van der Waals surface area contributed by atoms with Crippen molar-refractivity contribution in [3.63, 3.8) is 0 Å². The first-order valence-electron chi connectivity index (χ1n) is 4.06. The summed E-state index contributed by atoms with van der Waals surface area (Å²) < 4.78 is 41.0. The van der Waals surface area contributed by atoms with Gasteiger partial charge in [-0.05, 0) is 12.1 Å². The number of anilines is 1. The highest BCUT2D eigenvalue weighted by Crippen LogP contribution is 2.29. The Labute approximate surface area is 88.6 Å². The van der Waals surface area contributed by atoms with Gasteiger partial charge in [-0.15, -0.1) is 0 Å². The molecule has 1 amide bonds. The summed E-state index contributed by atoms with van der Waals surface area (Å²) in [6.07, 6.45) is -4.31. The maximum absolute atomic E-state index is 12.3. The van der Waals surface area contributed by atoms with Crippen LogP contribution in [0.1, 0.15) is 5.56 Å². The van der Waals surface area contributed by atoms with Gasteiger partial charge in [0.05, 0.1) is 12.7 Å². The van der Waals surface area contributed by atoms with Gasteiger partial charge in [-0.2, -0.15) is 13.2 Å². The lowest BCUT2D eigenvalue weighted by Crippen LogP contribution is -2.29. The molecule has 16 heavy (non-hydrogen) atoms. The molecule has 0 fully saturated rings. The minimum atomic E-state index is -4.45. The van der Waals surface area contributed by atoms with Crippen molar-refractivity contribution >= 4 is 11.9 Å². The molecule has 0 aromatic carbocycles. The number of hydrazine groups is 1. The highest BCUT2D eigenvalue weighted by molar-refractivity contribution is 5.68. The second-order valence-electron chi connectivity index (χ2n) is 2.67. The highest BCUT2D eigenvalue weighted by Gasteiger charge is 2.30. The van der Waals surface area contributed by atoms with Gasteiger partial charge in [-0.3, -0.25) is 5.43 Å². The van der Waals surface area contributed by atoms with Crippen molar-refractivity contribution in [2.45, 2.75) is 6.18 Å². The van der Waals surface area contributed by atoms with Gasteiger partial charge in [0.1, 0.15) is 5.82 Å². The van der Waals surface area contributed by atoms with Crippen molar-refractivity contribution in [3.8, 4) is 0 Å². The lowest BCUT2D eigenvalue weighted by Gasteiger charge is -2.09. The van der Waals surface area contributed by atoms with E-state index < -0.39 is 17.8 Å². The summed E-state index contributed by atoms with van der Waals surface area (Å²) in [6.45, 7) is 0. The van der Waals surface area contributed by atoms with Crippen LogP contribution in [-0.2, 0) is 10.9 Å². The number of halogens is 3. The fourth-order valence-corrected chi connectivity index (χ4v) is 0.841. The molecule has 5 nitrogen and oxygen atoms in total. The van der Waals surface area contributed by atoms with Gasteiger partial charge >= 0.3 is 12.3 Å². The number of pyridine rings is 1.